The number of carbonyl (C=O) groups is 1. The van der Waals surface area contributed by atoms with Crippen molar-refractivity contribution in [2.45, 2.75) is 17.6 Å². The van der Waals surface area contributed by atoms with Crippen LogP contribution in [0.1, 0.15) is 11.5 Å². The number of carbonyl (C=O) groups excluding carboxylic acids is 1. The van der Waals surface area contributed by atoms with Gasteiger partial charge >= 0.3 is 0 Å². The van der Waals surface area contributed by atoms with Gasteiger partial charge in [0.25, 0.3) is 0 Å². The first-order chi connectivity index (χ1) is 10.1. The molecule has 1 aliphatic carbocycles. The van der Waals surface area contributed by atoms with Crippen molar-refractivity contribution in [1.82, 2.24) is 0 Å². The predicted octanol–water partition coefficient (Wildman–Crippen LogP) is 1.32. The SMILES string of the molecule is COc1ccc2c(c1)O[C@@H]1[C@H]2COC2=CC(=O)C=CC21O. The highest BCUT2D eigenvalue weighted by Gasteiger charge is 2.55. The summed E-state index contributed by atoms with van der Waals surface area (Å²) in [6.45, 7) is 0.374. The van der Waals surface area contributed by atoms with Crippen LogP contribution in [-0.2, 0) is 9.53 Å². The van der Waals surface area contributed by atoms with Crippen molar-refractivity contribution < 1.29 is 24.1 Å². The number of ketones is 1. The van der Waals surface area contributed by atoms with Gasteiger partial charge in [0.1, 0.15) is 23.4 Å². The van der Waals surface area contributed by atoms with Crippen LogP contribution in [0.25, 0.3) is 0 Å². The van der Waals surface area contributed by atoms with E-state index in [1.54, 1.807) is 13.2 Å². The second kappa shape index (κ2) is 4.11. The zero-order chi connectivity index (χ0) is 14.6. The van der Waals surface area contributed by atoms with Crippen LogP contribution in [0, 0.1) is 0 Å². The first kappa shape index (κ1) is 12.5. The zero-order valence-corrected chi connectivity index (χ0v) is 11.4. The largest absolute Gasteiger partial charge is 0.497 e. The maximum absolute atomic E-state index is 11.4. The standard InChI is InChI=1S/C16H14O5/c1-19-10-2-3-11-12-8-20-14-6-9(17)4-5-16(14,18)15(12)21-13(11)7-10/h2-7,12,15,18H,8H2,1H3/t12-,15+,16?/m0/s1. The minimum absolute atomic E-state index is 0.0779. The molecular weight excluding hydrogens is 272 g/mol. The summed E-state index contributed by atoms with van der Waals surface area (Å²) in [5.74, 6) is 1.38. The molecule has 1 saturated heterocycles. The van der Waals surface area contributed by atoms with Crippen LogP contribution < -0.4 is 9.47 Å². The average Bonchev–Trinajstić information content (AvgIpc) is 2.87. The van der Waals surface area contributed by atoms with E-state index in [4.69, 9.17) is 14.2 Å². The Morgan fingerprint density at radius 2 is 2.29 bits per heavy atom. The maximum Gasteiger partial charge on any atom is 0.181 e. The van der Waals surface area contributed by atoms with Crippen LogP contribution in [0.3, 0.4) is 0 Å². The summed E-state index contributed by atoms with van der Waals surface area (Å²) in [6, 6.07) is 5.59. The molecule has 21 heavy (non-hydrogen) atoms. The van der Waals surface area contributed by atoms with Gasteiger partial charge in [0.2, 0.25) is 0 Å². The summed E-state index contributed by atoms with van der Waals surface area (Å²) in [7, 11) is 1.59. The maximum atomic E-state index is 11.4. The number of allylic oxidation sites excluding steroid dienone is 2. The van der Waals surface area contributed by atoms with E-state index in [1.165, 1.54) is 18.2 Å². The van der Waals surface area contributed by atoms with Gasteiger partial charge in [0.05, 0.1) is 19.6 Å². The van der Waals surface area contributed by atoms with E-state index >= 15 is 0 Å². The first-order valence-corrected chi connectivity index (χ1v) is 6.77. The van der Waals surface area contributed by atoms with Gasteiger partial charge in [-0.25, -0.2) is 0 Å². The Hall–Kier alpha value is -2.27. The van der Waals surface area contributed by atoms with E-state index in [-0.39, 0.29) is 17.5 Å². The molecule has 1 aromatic carbocycles. The number of methoxy groups -OCH3 is 1. The summed E-state index contributed by atoms with van der Waals surface area (Å²) in [5, 5.41) is 10.9. The van der Waals surface area contributed by atoms with Crippen LogP contribution in [0.4, 0.5) is 0 Å². The topological polar surface area (TPSA) is 65.0 Å². The molecule has 0 radical (unpaired) electrons. The molecule has 1 N–H and O–H groups in total. The molecular formula is C16H14O5. The van der Waals surface area contributed by atoms with Crippen molar-refractivity contribution in [1.29, 1.82) is 0 Å². The van der Waals surface area contributed by atoms with E-state index in [0.29, 0.717) is 18.1 Å². The molecule has 0 saturated carbocycles. The number of benzene rings is 1. The Kier molecular flexibility index (Phi) is 2.44. The van der Waals surface area contributed by atoms with Gasteiger partial charge in [-0.2, -0.15) is 0 Å². The van der Waals surface area contributed by atoms with Crippen molar-refractivity contribution >= 4 is 5.78 Å². The summed E-state index contributed by atoms with van der Waals surface area (Å²) in [5.41, 5.74) is -0.415. The van der Waals surface area contributed by atoms with E-state index in [2.05, 4.69) is 0 Å². The lowest BCUT2D eigenvalue weighted by Gasteiger charge is -2.41. The minimum Gasteiger partial charge on any atom is -0.497 e. The van der Waals surface area contributed by atoms with Crippen molar-refractivity contribution in [3.63, 3.8) is 0 Å². The summed E-state index contributed by atoms with van der Waals surface area (Å²) < 4.78 is 16.8. The van der Waals surface area contributed by atoms with E-state index in [9.17, 15) is 9.90 Å². The molecule has 1 unspecified atom stereocenters. The Bertz CT molecular complexity index is 690. The average molecular weight is 286 g/mol. The van der Waals surface area contributed by atoms with Gasteiger partial charge in [-0.1, -0.05) is 6.07 Å². The van der Waals surface area contributed by atoms with Crippen molar-refractivity contribution in [2.75, 3.05) is 13.7 Å². The van der Waals surface area contributed by atoms with Gasteiger partial charge in [0, 0.05) is 17.7 Å². The number of ether oxygens (including phenoxy) is 3. The van der Waals surface area contributed by atoms with Crippen molar-refractivity contribution in [2.24, 2.45) is 0 Å². The third kappa shape index (κ3) is 1.64. The van der Waals surface area contributed by atoms with Gasteiger partial charge in [-0.3, -0.25) is 4.79 Å². The highest BCUT2D eigenvalue weighted by Crippen LogP contribution is 2.49. The molecule has 4 rings (SSSR count). The first-order valence-electron chi connectivity index (χ1n) is 6.77. The molecule has 0 spiro atoms. The van der Waals surface area contributed by atoms with Gasteiger partial charge in [-0.05, 0) is 18.2 Å². The monoisotopic (exact) mass is 286 g/mol. The van der Waals surface area contributed by atoms with Crippen molar-refractivity contribution in [3.05, 3.63) is 47.7 Å². The highest BCUT2D eigenvalue weighted by atomic mass is 16.5. The molecule has 2 heterocycles. The van der Waals surface area contributed by atoms with E-state index in [1.807, 2.05) is 12.1 Å². The van der Waals surface area contributed by atoms with E-state index in [0.717, 1.165) is 5.56 Å². The number of fused-ring (bicyclic) bond motifs is 5. The lowest BCUT2D eigenvalue weighted by atomic mass is 9.79. The number of rotatable bonds is 1. The normalized spacial score (nSPS) is 32.3. The molecule has 3 aliphatic rings. The number of aliphatic hydroxyl groups is 1. The summed E-state index contributed by atoms with van der Waals surface area (Å²) >= 11 is 0. The Morgan fingerprint density at radius 1 is 1.43 bits per heavy atom. The fourth-order valence-corrected chi connectivity index (χ4v) is 3.16. The molecule has 1 aromatic rings. The van der Waals surface area contributed by atoms with Crippen molar-refractivity contribution in [3.8, 4) is 11.5 Å². The van der Waals surface area contributed by atoms with Crippen LogP contribution in [0.5, 0.6) is 11.5 Å². The van der Waals surface area contributed by atoms with Crippen LogP contribution in [-0.4, -0.2) is 36.3 Å². The van der Waals surface area contributed by atoms with Gasteiger partial charge in [-0.15, -0.1) is 0 Å². The molecule has 5 nitrogen and oxygen atoms in total. The lowest BCUT2D eigenvalue weighted by molar-refractivity contribution is -0.113. The van der Waals surface area contributed by atoms with Crippen LogP contribution in [0.15, 0.2) is 42.2 Å². The third-order valence-corrected chi connectivity index (χ3v) is 4.26. The Labute approximate surface area is 121 Å². The van der Waals surface area contributed by atoms with Gasteiger partial charge in [0.15, 0.2) is 11.4 Å². The fraction of sp³-hybridized carbons (Fsp3) is 0.312. The molecule has 5 heteroatoms. The third-order valence-electron chi connectivity index (χ3n) is 4.26. The number of hydrogen-bond acceptors (Lipinski definition) is 5. The highest BCUT2D eigenvalue weighted by molar-refractivity contribution is 6.01. The Morgan fingerprint density at radius 3 is 3.10 bits per heavy atom. The Balaban J connectivity index is 1.77. The molecule has 0 bridgehead atoms. The quantitative estimate of drug-likeness (QED) is 0.843. The number of hydrogen-bond donors (Lipinski definition) is 1. The lowest BCUT2D eigenvalue weighted by Crippen LogP contribution is -2.53. The predicted molar refractivity (Wildman–Crippen MR) is 73.3 cm³/mol. The smallest absolute Gasteiger partial charge is 0.181 e. The zero-order valence-electron chi connectivity index (χ0n) is 11.4. The molecule has 108 valence electrons. The van der Waals surface area contributed by atoms with Crippen LogP contribution >= 0.6 is 0 Å². The summed E-state index contributed by atoms with van der Waals surface area (Å²) in [6.07, 6.45) is 3.64. The second-order valence-electron chi connectivity index (χ2n) is 5.43. The summed E-state index contributed by atoms with van der Waals surface area (Å²) in [4.78, 5) is 11.4. The molecule has 2 aliphatic heterocycles. The van der Waals surface area contributed by atoms with Crippen LogP contribution in [0.2, 0.25) is 0 Å². The molecule has 0 amide bonds. The fourth-order valence-electron chi connectivity index (χ4n) is 3.16. The second-order valence-corrected chi connectivity index (χ2v) is 5.43. The van der Waals surface area contributed by atoms with E-state index < -0.39 is 11.7 Å². The minimum atomic E-state index is -1.40. The molecule has 1 fully saturated rings. The molecule has 3 atom stereocenters. The molecule has 0 aromatic heterocycles. The van der Waals surface area contributed by atoms with Gasteiger partial charge < -0.3 is 19.3 Å².